The predicted molar refractivity (Wildman–Crippen MR) is 109 cm³/mol. The fourth-order valence-corrected chi connectivity index (χ4v) is 4.80. The van der Waals surface area contributed by atoms with E-state index in [-0.39, 0.29) is 12.5 Å². The van der Waals surface area contributed by atoms with E-state index in [1.807, 2.05) is 35.4 Å². The summed E-state index contributed by atoms with van der Waals surface area (Å²) in [4.78, 5) is 19.0. The third kappa shape index (κ3) is 3.71. The van der Waals surface area contributed by atoms with Gasteiger partial charge in [0.15, 0.2) is 11.5 Å². The molecular formula is C23H25N3O3. The van der Waals surface area contributed by atoms with Crippen molar-refractivity contribution in [2.45, 2.75) is 38.7 Å². The van der Waals surface area contributed by atoms with E-state index in [9.17, 15) is 4.79 Å². The number of carbonyl (C=O) groups is 1. The van der Waals surface area contributed by atoms with Crippen LogP contribution >= 0.6 is 0 Å². The van der Waals surface area contributed by atoms with Crippen LogP contribution < -0.4 is 4.74 Å². The number of fused-ring (bicyclic) bond motifs is 2. The highest BCUT2D eigenvalue weighted by Crippen LogP contribution is 2.36. The number of ether oxygens (including phenoxy) is 1. The van der Waals surface area contributed by atoms with Crippen LogP contribution in [0.2, 0.25) is 0 Å². The number of likely N-dealkylation sites (tertiary alicyclic amines) is 1. The molecule has 3 heterocycles. The Hall–Kier alpha value is -2.89. The number of hydrogen-bond acceptors (Lipinski definition) is 5. The van der Waals surface area contributed by atoms with E-state index >= 15 is 0 Å². The van der Waals surface area contributed by atoms with Gasteiger partial charge in [-0.1, -0.05) is 36.6 Å². The van der Waals surface area contributed by atoms with Crippen molar-refractivity contribution in [3.05, 3.63) is 54.2 Å². The first-order chi connectivity index (χ1) is 14.3. The van der Waals surface area contributed by atoms with Crippen molar-refractivity contribution in [3.8, 4) is 5.75 Å². The Labute approximate surface area is 169 Å². The van der Waals surface area contributed by atoms with Crippen molar-refractivity contribution >= 4 is 16.7 Å². The van der Waals surface area contributed by atoms with E-state index in [2.05, 4.69) is 10.1 Å². The third-order valence-electron chi connectivity index (χ3n) is 6.37. The minimum absolute atomic E-state index is 0.0275. The Morgan fingerprint density at radius 1 is 1.17 bits per heavy atom. The quantitative estimate of drug-likeness (QED) is 0.657. The van der Waals surface area contributed by atoms with Crippen LogP contribution in [-0.2, 0) is 6.61 Å². The summed E-state index contributed by atoms with van der Waals surface area (Å²) in [6.07, 6.45) is 9.86. The maximum absolute atomic E-state index is 12.9. The SMILES string of the molecule is O=C(c1cc(COc2cccc3cnccc23)on1)N1CC[C@@H]2CCCC[C@H]2C1. The summed E-state index contributed by atoms with van der Waals surface area (Å²) in [7, 11) is 0. The molecule has 2 aliphatic rings. The van der Waals surface area contributed by atoms with E-state index < -0.39 is 0 Å². The number of hydrogen-bond donors (Lipinski definition) is 0. The molecule has 1 saturated carbocycles. The zero-order valence-electron chi connectivity index (χ0n) is 16.4. The number of carbonyl (C=O) groups excluding carboxylic acids is 1. The van der Waals surface area contributed by atoms with Crippen molar-refractivity contribution < 1.29 is 14.1 Å². The average Bonchev–Trinajstić information content (AvgIpc) is 3.26. The number of nitrogens with zero attached hydrogens (tertiary/aromatic N) is 3. The molecule has 0 spiro atoms. The first kappa shape index (κ1) is 18.2. The van der Waals surface area contributed by atoms with Crippen LogP contribution in [0.3, 0.4) is 0 Å². The molecule has 150 valence electrons. The van der Waals surface area contributed by atoms with Gasteiger partial charge in [-0.05, 0) is 36.8 Å². The number of piperidine rings is 1. The Balaban J connectivity index is 1.24. The summed E-state index contributed by atoms with van der Waals surface area (Å²) in [6.45, 7) is 1.90. The van der Waals surface area contributed by atoms with Crippen LogP contribution in [0.15, 0.2) is 47.2 Å². The van der Waals surface area contributed by atoms with Gasteiger partial charge in [-0.3, -0.25) is 9.78 Å². The number of amides is 1. The lowest BCUT2D eigenvalue weighted by Crippen LogP contribution is -2.44. The minimum Gasteiger partial charge on any atom is -0.485 e. The van der Waals surface area contributed by atoms with Crippen molar-refractivity contribution in [1.29, 1.82) is 0 Å². The van der Waals surface area contributed by atoms with Crippen LogP contribution in [0.5, 0.6) is 5.75 Å². The Kier molecular flexibility index (Phi) is 4.92. The van der Waals surface area contributed by atoms with Gasteiger partial charge in [0.2, 0.25) is 0 Å². The highest BCUT2D eigenvalue weighted by molar-refractivity contribution is 5.92. The molecule has 6 nitrogen and oxygen atoms in total. The van der Waals surface area contributed by atoms with Crippen molar-refractivity contribution in [3.63, 3.8) is 0 Å². The van der Waals surface area contributed by atoms with Crippen LogP contribution in [0.4, 0.5) is 0 Å². The molecule has 1 aliphatic carbocycles. The summed E-state index contributed by atoms with van der Waals surface area (Å²) in [5.74, 6) is 2.72. The number of pyridine rings is 1. The van der Waals surface area contributed by atoms with Crippen molar-refractivity contribution in [2.75, 3.05) is 13.1 Å². The first-order valence-electron chi connectivity index (χ1n) is 10.5. The van der Waals surface area contributed by atoms with Crippen LogP contribution in [-0.4, -0.2) is 34.0 Å². The Bertz CT molecular complexity index is 1010. The highest BCUT2D eigenvalue weighted by atomic mass is 16.5. The summed E-state index contributed by atoms with van der Waals surface area (Å²) in [6, 6.07) is 9.48. The molecule has 1 aliphatic heterocycles. The minimum atomic E-state index is -0.0275. The second-order valence-corrected chi connectivity index (χ2v) is 8.16. The molecule has 0 N–H and O–H groups in total. The Morgan fingerprint density at radius 2 is 2.07 bits per heavy atom. The van der Waals surface area contributed by atoms with Gasteiger partial charge in [0.1, 0.15) is 12.4 Å². The third-order valence-corrected chi connectivity index (χ3v) is 6.37. The Morgan fingerprint density at radius 3 is 3.00 bits per heavy atom. The van der Waals surface area contributed by atoms with Gasteiger partial charge in [-0.2, -0.15) is 0 Å². The zero-order valence-corrected chi connectivity index (χ0v) is 16.4. The summed E-state index contributed by atoms with van der Waals surface area (Å²) in [5, 5.41) is 6.03. The second-order valence-electron chi connectivity index (χ2n) is 8.16. The lowest BCUT2D eigenvalue weighted by molar-refractivity contribution is 0.0511. The fourth-order valence-electron chi connectivity index (χ4n) is 4.80. The topological polar surface area (TPSA) is 68.5 Å². The van der Waals surface area contributed by atoms with Gasteiger partial charge >= 0.3 is 0 Å². The largest absolute Gasteiger partial charge is 0.485 e. The molecule has 2 atom stereocenters. The van der Waals surface area contributed by atoms with Crippen LogP contribution in [0.25, 0.3) is 10.8 Å². The molecule has 2 aromatic heterocycles. The molecule has 5 rings (SSSR count). The van der Waals surface area contributed by atoms with E-state index in [1.165, 1.54) is 25.7 Å². The van der Waals surface area contributed by atoms with Gasteiger partial charge in [0.25, 0.3) is 5.91 Å². The van der Waals surface area contributed by atoms with Gasteiger partial charge in [0, 0.05) is 42.3 Å². The lowest BCUT2D eigenvalue weighted by Gasteiger charge is -2.41. The molecule has 6 heteroatoms. The van der Waals surface area contributed by atoms with Crippen LogP contribution in [0, 0.1) is 11.8 Å². The normalized spacial score (nSPS) is 21.7. The molecule has 1 aromatic carbocycles. The smallest absolute Gasteiger partial charge is 0.276 e. The van der Waals surface area contributed by atoms with Crippen LogP contribution in [0.1, 0.15) is 48.4 Å². The summed E-state index contributed by atoms with van der Waals surface area (Å²) < 4.78 is 11.3. The van der Waals surface area contributed by atoms with Gasteiger partial charge in [-0.15, -0.1) is 0 Å². The molecular weight excluding hydrogens is 366 g/mol. The molecule has 2 fully saturated rings. The summed E-state index contributed by atoms with van der Waals surface area (Å²) >= 11 is 0. The molecule has 1 saturated heterocycles. The first-order valence-corrected chi connectivity index (χ1v) is 10.5. The summed E-state index contributed by atoms with van der Waals surface area (Å²) in [5.41, 5.74) is 0.375. The molecule has 3 aromatic rings. The number of rotatable bonds is 4. The number of benzene rings is 1. The maximum atomic E-state index is 12.9. The highest BCUT2D eigenvalue weighted by Gasteiger charge is 2.34. The van der Waals surface area contributed by atoms with E-state index in [4.69, 9.17) is 9.26 Å². The molecule has 1 amide bonds. The van der Waals surface area contributed by atoms with Gasteiger partial charge < -0.3 is 14.2 Å². The molecule has 29 heavy (non-hydrogen) atoms. The zero-order chi connectivity index (χ0) is 19.6. The van der Waals surface area contributed by atoms with E-state index in [0.29, 0.717) is 17.4 Å². The number of aromatic nitrogens is 2. The van der Waals surface area contributed by atoms with Gasteiger partial charge in [-0.25, -0.2) is 0 Å². The van der Waals surface area contributed by atoms with Gasteiger partial charge in [0.05, 0.1) is 0 Å². The lowest BCUT2D eigenvalue weighted by atomic mass is 9.75. The average molecular weight is 391 g/mol. The fraction of sp³-hybridized carbons (Fsp3) is 0.435. The molecule has 0 radical (unpaired) electrons. The molecule has 0 unspecified atom stereocenters. The van der Waals surface area contributed by atoms with Crippen molar-refractivity contribution in [2.24, 2.45) is 11.8 Å². The van der Waals surface area contributed by atoms with E-state index in [1.54, 1.807) is 12.3 Å². The standard InChI is InChI=1S/C23H25N3O3/c27-23(26-11-9-16-4-1-2-5-18(16)14-26)21-12-19(29-25-21)15-28-22-7-3-6-17-13-24-10-8-20(17)22/h3,6-8,10,12-13,16,18H,1-2,4-5,9,11,14-15H2/t16-,18-/m0/s1. The monoisotopic (exact) mass is 391 g/mol. The second kappa shape index (κ2) is 7.85. The maximum Gasteiger partial charge on any atom is 0.276 e. The van der Waals surface area contributed by atoms with E-state index in [0.717, 1.165) is 42.0 Å². The molecule has 0 bridgehead atoms. The van der Waals surface area contributed by atoms with Crippen molar-refractivity contribution in [1.82, 2.24) is 15.0 Å². The predicted octanol–water partition coefficient (Wildman–Crippen LogP) is 4.45.